The van der Waals surface area contributed by atoms with Crippen LogP contribution < -0.4 is 0 Å². The van der Waals surface area contributed by atoms with Gasteiger partial charge in [-0.15, -0.1) is 0 Å². The highest BCUT2D eigenvalue weighted by Crippen LogP contribution is 2.40. The second-order valence-electron chi connectivity index (χ2n) is 8.11. The van der Waals surface area contributed by atoms with Crippen molar-refractivity contribution in [2.45, 2.75) is 56.7 Å². The first-order valence-corrected chi connectivity index (χ1v) is 9.87. The van der Waals surface area contributed by atoms with E-state index in [1.165, 1.54) is 45.2 Å². The van der Waals surface area contributed by atoms with Crippen LogP contribution in [-0.4, -0.2) is 42.4 Å². The fourth-order valence-corrected chi connectivity index (χ4v) is 5.08. The van der Waals surface area contributed by atoms with Gasteiger partial charge in [0.15, 0.2) is 0 Å². The number of hydrogen-bond donors (Lipinski definition) is 1. The Morgan fingerprint density at radius 2 is 1.71 bits per heavy atom. The molecule has 0 amide bonds. The van der Waals surface area contributed by atoms with E-state index in [9.17, 15) is 5.11 Å². The molecule has 0 unspecified atom stereocenters. The van der Waals surface area contributed by atoms with Gasteiger partial charge in [0, 0.05) is 6.54 Å². The molecule has 2 bridgehead atoms. The van der Waals surface area contributed by atoms with E-state index < -0.39 is 5.60 Å². The van der Waals surface area contributed by atoms with Crippen molar-refractivity contribution in [1.82, 2.24) is 4.90 Å². The van der Waals surface area contributed by atoms with Crippen molar-refractivity contribution >= 4 is 0 Å². The molecule has 3 aliphatic heterocycles. The summed E-state index contributed by atoms with van der Waals surface area (Å²) in [6.45, 7) is 3.98. The first-order chi connectivity index (χ1) is 11.8. The lowest BCUT2D eigenvalue weighted by Gasteiger charge is -2.46. The van der Waals surface area contributed by atoms with Crippen molar-refractivity contribution in [3.05, 3.63) is 35.9 Å². The molecule has 24 heavy (non-hydrogen) atoms. The molecular weight excluding hydrogens is 298 g/mol. The summed E-state index contributed by atoms with van der Waals surface area (Å²) >= 11 is 0. The van der Waals surface area contributed by atoms with Gasteiger partial charge in [-0.05, 0) is 56.2 Å². The smallest absolute Gasteiger partial charge is 0.116 e. The van der Waals surface area contributed by atoms with Gasteiger partial charge in [0.05, 0.1) is 12.7 Å². The third kappa shape index (κ3) is 3.26. The molecule has 132 valence electrons. The molecule has 3 nitrogen and oxygen atoms in total. The topological polar surface area (TPSA) is 32.7 Å². The molecule has 1 aliphatic carbocycles. The highest BCUT2D eigenvalue weighted by Gasteiger charge is 2.42. The van der Waals surface area contributed by atoms with Crippen molar-refractivity contribution in [3.63, 3.8) is 0 Å². The van der Waals surface area contributed by atoms with Crippen LogP contribution in [0.3, 0.4) is 0 Å². The predicted molar refractivity (Wildman–Crippen MR) is 95.8 cm³/mol. The average Bonchev–Trinajstić information content (AvgIpc) is 2.68. The zero-order valence-electron chi connectivity index (χ0n) is 14.7. The molecule has 1 aromatic rings. The Morgan fingerprint density at radius 3 is 2.33 bits per heavy atom. The van der Waals surface area contributed by atoms with Crippen molar-refractivity contribution in [2.24, 2.45) is 11.8 Å². The van der Waals surface area contributed by atoms with E-state index in [4.69, 9.17) is 4.74 Å². The summed E-state index contributed by atoms with van der Waals surface area (Å²) in [6.07, 6.45) is 8.85. The summed E-state index contributed by atoms with van der Waals surface area (Å²) < 4.78 is 6.40. The molecule has 3 saturated heterocycles. The SMILES string of the molecule is O[C@](CO[C@H]1CN2CCC1CC2)(c1ccccc1)C1CCCCC1. The molecule has 1 saturated carbocycles. The van der Waals surface area contributed by atoms with Gasteiger partial charge < -0.3 is 14.7 Å². The normalized spacial score (nSPS) is 33.3. The van der Waals surface area contributed by atoms with E-state index >= 15 is 0 Å². The number of hydrogen-bond acceptors (Lipinski definition) is 3. The van der Waals surface area contributed by atoms with E-state index in [1.807, 2.05) is 18.2 Å². The van der Waals surface area contributed by atoms with Crippen LogP contribution >= 0.6 is 0 Å². The van der Waals surface area contributed by atoms with Crippen LogP contribution in [0.15, 0.2) is 30.3 Å². The molecule has 1 aromatic carbocycles. The first-order valence-electron chi connectivity index (χ1n) is 9.87. The average molecular weight is 329 g/mol. The second kappa shape index (κ2) is 7.15. The Labute approximate surface area is 146 Å². The predicted octanol–water partition coefficient (Wildman–Crippen LogP) is 3.57. The van der Waals surface area contributed by atoms with E-state index in [2.05, 4.69) is 17.0 Å². The monoisotopic (exact) mass is 329 g/mol. The number of nitrogens with zero attached hydrogens (tertiary/aromatic N) is 1. The van der Waals surface area contributed by atoms with Crippen molar-refractivity contribution in [3.8, 4) is 0 Å². The maximum absolute atomic E-state index is 11.7. The summed E-state index contributed by atoms with van der Waals surface area (Å²) in [4.78, 5) is 2.52. The molecule has 4 fully saturated rings. The minimum absolute atomic E-state index is 0.311. The van der Waals surface area contributed by atoms with E-state index in [0.29, 0.717) is 24.5 Å². The molecule has 5 rings (SSSR count). The van der Waals surface area contributed by atoms with Crippen molar-refractivity contribution in [2.75, 3.05) is 26.2 Å². The molecule has 2 atom stereocenters. The Hall–Kier alpha value is -0.900. The third-order valence-electron chi connectivity index (χ3n) is 6.67. The minimum Gasteiger partial charge on any atom is -0.382 e. The molecule has 3 heterocycles. The van der Waals surface area contributed by atoms with Gasteiger partial charge in [0.1, 0.15) is 5.60 Å². The van der Waals surface area contributed by atoms with Crippen LogP contribution in [0.4, 0.5) is 0 Å². The molecule has 4 aliphatic rings. The maximum atomic E-state index is 11.7. The van der Waals surface area contributed by atoms with Gasteiger partial charge in [-0.2, -0.15) is 0 Å². The Kier molecular flexibility index (Phi) is 4.93. The highest BCUT2D eigenvalue weighted by atomic mass is 16.5. The lowest BCUT2D eigenvalue weighted by molar-refractivity contribution is -0.148. The van der Waals surface area contributed by atoms with Gasteiger partial charge in [-0.25, -0.2) is 0 Å². The van der Waals surface area contributed by atoms with Crippen LogP contribution in [0, 0.1) is 11.8 Å². The lowest BCUT2D eigenvalue weighted by atomic mass is 9.73. The molecule has 0 radical (unpaired) electrons. The van der Waals surface area contributed by atoms with Crippen LogP contribution in [0.25, 0.3) is 0 Å². The summed E-state index contributed by atoms with van der Waals surface area (Å²) in [5.41, 5.74) is 0.214. The fourth-order valence-electron chi connectivity index (χ4n) is 5.08. The number of ether oxygens (including phenoxy) is 1. The number of piperidine rings is 3. The number of aliphatic hydroxyl groups is 1. The van der Waals surface area contributed by atoms with E-state index in [0.717, 1.165) is 24.9 Å². The third-order valence-corrected chi connectivity index (χ3v) is 6.67. The standard InChI is InChI=1S/C21H31NO2/c23-21(18-7-3-1-4-8-18,19-9-5-2-6-10-19)16-24-20-15-22-13-11-17(20)12-14-22/h1,3-4,7-8,17,19-20,23H,2,5-6,9-16H2/t20-,21+/m0/s1. The molecular formula is C21H31NO2. The number of fused-ring (bicyclic) bond motifs is 3. The van der Waals surface area contributed by atoms with Crippen molar-refractivity contribution < 1.29 is 9.84 Å². The Morgan fingerprint density at radius 1 is 1.00 bits per heavy atom. The summed E-state index contributed by atoms with van der Waals surface area (Å²) in [5, 5.41) is 11.7. The maximum Gasteiger partial charge on any atom is 0.116 e. The van der Waals surface area contributed by atoms with Gasteiger partial charge in [-0.3, -0.25) is 0 Å². The van der Waals surface area contributed by atoms with Crippen LogP contribution in [0.2, 0.25) is 0 Å². The quantitative estimate of drug-likeness (QED) is 0.896. The molecule has 0 aromatic heterocycles. The summed E-state index contributed by atoms with van der Waals surface area (Å²) in [6, 6.07) is 10.3. The molecule has 1 N–H and O–H groups in total. The van der Waals surface area contributed by atoms with Crippen molar-refractivity contribution in [1.29, 1.82) is 0 Å². The van der Waals surface area contributed by atoms with Crippen LogP contribution in [0.1, 0.15) is 50.5 Å². The van der Waals surface area contributed by atoms with Gasteiger partial charge >= 0.3 is 0 Å². The van der Waals surface area contributed by atoms with E-state index in [-0.39, 0.29) is 0 Å². The lowest BCUT2D eigenvalue weighted by Crippen LogP contribution is -2.53. The first kappa shape index (κ1) is 16.6. The van der Waals surface area contributed by atoms with Gasteiger partial charge in [-0.1, -0.05) is 49.6 Å². The second-order valence-corrected chi connectivity index (χ2v) is 8.11. The largest absolute Gasteiger partial charge is 0.382 e. The Balaban J connectivity index is 1.50. The van der Waals surface area contributed by atoms with E-state index in [1.54, 1.807) is 0 Å². The van der Waals surface area contributed by atoms with Crippen LogP contribution in [0.5, 0.6) is 0 Å². The fraction of sp³-hybridized carbons (Fsp3) is 0.714. The zero-order chi connectivity index (χ0) is 16.4. The minimum atomic E-state index is -0.826. The highest BCUT2D eigenvalue weighted by molar-refractivity contribution is 5.23. The van der Waals surface area contributed by atoms with Crippen LogP contribution in [-0.2, 0) is 10.3 Å². The number of benzene rings is 1. The summed E-state index contributed by atoms with van der Waals surface area (Å²) in [5.74, 6) is 1.02. The van der Waals surface area contributed by atoms with Gasteiger partial charge in [0.2, 0.25) is 0 Å². The summed E-state index contributed by atoms with van der Waals surface area (Å²) in [7, 11) is 0. The molecule has 0 spiro atoms. The number of rotatable bonds is 5. The Bertz CT molecular complexity index is 520. The van der Waals surface area contributed by atoms with Gasteiger partial charge in [0.25, 0.3) is 0 Å². The molecule has 3 heteroatoms. The zero-order valence-corrected chi connectivity index (χ0v) is 14.7.